The molecule has 0 amide bonds. The number of ketones is 1. The monoisotopic (exact) mass is 469 g/mol. The number of carbonyl (C=O) groups is 2. The second kappa shape index (κ2) is 9.37. The maximum absolute atomic E-state index is 13.6. The summed E-state index contributed by atoms with van der Waals surface area (Å²) in [5, 5.41) is 3.67. The molecule has 3 aromatic rings. The summed E-state index contributed by atoms with van der Waals surface area (Å²) in [6.45, 7) is 3.88. The highest BCUT2D eigenvalue weighted by atomic mass is 16.5. The van der Waals surface area contributed by atoms with Crippen LogP contribution in [0, 0.1) is 12.8 Å². The lowest BCUT2D eigenvalue weighted by Gasteiger charge is -2.37. The SMILES string of the molecule is CC1=C(C(=O)OCCc2ccccc2)C(c2coc3ccc(C)cc3c2=O)C2C(=O)CCC=C2N1. The first-order valence-corrected chi connectivity index (χ1v) is 11.9. The molecule has 35 heavy (non-hydrogen) atoms. The van der Waals surface area contributed by atoms with E-state index in [2.05, 4.69) is 5.32 Å². The maximum atomic E-state index is 13.6. The normalized spacial score (nSPS) is 19.7. The molecule has 0 saturated heterocycles. The second-order valence-corrected chi connectivity index (χ2v) is 9.17. The van der Waals surface area contributed by atoms with Gasteiger partial charge in [0.2, 0.25) is 0 Å². The highest BCUT2D eigenvalue weighted by molar-refractivity contribution is 5.96. The van der Waals surface area contributed by atoms with Gasteiger partial charge >= 0.3 is 5.97 Å². The van der Waals surface area contributed by atoms with Crippen LogP contribution in [-0.4, -0.2) is 18.4 Å². The average Bonchev–Trinajstić information content (AvgIpc) is 2.85. The summed E-state index contributed by atoms with van der Waals surface area (Å²) >= 11 is 0. The molecule has 2 aliphatic rings. The number of carbonyl (C=O) groups excluding carboxylic acids is 2. The van der Waals surface area contributed by atoms with Crippen molar-refractivity contribution < 1.29 is 18.7 Å². The zero-order valence-corrected chi connectivity index (χ0v) is 19.8. The maximum Gasteiger partial charge on any atom is 0.336 e. The van der Waals surface area contributed by atoms with Gasteiger partial charge in [-0.05, 0) is 38.0 Å². The number of rotatable bonds is 5. The van der Waals surface area contributed by atoms with Gasteiger partial charge in [-0.15, -0.1) is 0 Å². The molecule has 1 N–H and O–H groups in total. The van der Waals surface area contributed by atoms with Gasteiger partial charge in [0.25, 0.3) is 0 Å². The Morgan fingerprint density at radius 1 is 1.09 bits per heavy atom. The smallest absolute Gasteiger partial charge is 0.336 e. The summed E-state index contributed by atoms with van der Waals surface area (Å²) in [6.07, 6.45) is 4.94. The van der Waals surface area contributed by atoms with Gasteiger partial charge in [0, 0.05) is 35.7 Å². The first-order chi connectivity index (χ1) is 16.9. The van der Waals surface area contributed by atoms with Gasteiger partial charge in [-0.1, -0.05) is 48.0 Å². The molecular formula is C29H27NO5. The number of ether oxygens (including phenoxy) is 1. The Hall–Kier alpha value is -3.93. The molecule has 2 aromatic carbocycles. The number of hydrogen-bond donors (Lipinski definition) is 1. The van der Waals surface area contributed by atoms with Crippen LogP contribution in [0.5, 0.6) is 0 Å². The molecule has 1 aliphatic heterocycles. The molecule has 6 heteroatoms. The Morgan fingerprint density at radius 3 is 2.69 bits per heavy atom. The summed E-state index contributed by atoms with van der Waals surface area (Å²) in [4.78, 5) is 40.2. The van der Waals surface area contributed by atoms with E-state index in [-0.39, 0.29) is 17.8 Å². The van der Waals surface area contributed by atoms with Gasteiger partial charge < -0.3 is 14.5 Å². The lowest BCUT2D eigenvalue weighted by atomic mass is 9.71. The second-order valence-electron chi connectivity index (χ2n) is 9.17. The summed E-state index contributed by atoms with van der Waals surface area (Å²) in [5.74, 6) is -1.97. The van der Waals surface area contributed by atoms with Crippen molar-refractivity contribution in [3.8, 4) is 0 Å². The lowest BCUT2D eigenvalue weighted by Crippen LogP contribution is -2.42. The van der Waals surface area contributed by atoms with E-state index in [1.165, 1.54) is 6.26 Å². The number of hydrogen-bond acceptors (Lipinski definition) is 6. The fourth-order valence-electron chi connectivity index (χ4n) is 5.08. The van der Waals surface area contributed by atoms with E-state index in [0.717, 1.165) is 16.8 Å². The first kappa shape index (κ1) is 22.8. The van der Waals surface area contributed by atoms with Crippen molar-refractivity contribution in [1.29, 1.82) is 0 Å². The van der Waals surface area contributed by atoms with Gasteiger partial charge in [-0.25, -0.2) is 4.79 Å². The molecule has 178 valence electrons. The van der Waals surface area contributed by atoms with E-state index < -0.39 is 17.8 Å². The van der Waals surface area contributed by atoms with Crippen LogP contribution in [0.4, 0.5) is 0 Å². The van der Waals surface area contributed by atoms with Crippen molar-refractivity contribution in [2.75, 3.05) is 6.61 Å². The summed E-state index contributed by atoms with van der Waals surface area (Å²) in [7, 11) is 0. The van der Waals surface area contributed by atoms with Crippen LogP contribution in [0.3, 0.4) is 0 Å². The number of Topliss-reactive ketones (excluding diaryl/α,β-unsaturated/α-hetero) is 1. The Balaban J connectivity index is 1.56. The molecule has 5 rings (SSSR count). The van der Waals surface area contributed by atoms with Crippen LogP contribution in [0.1, 0.15) is 42.4 Å². The Kier molecular flexibility index (Phi) is 6.12. The number of fused-ring (bicyclic) bond motifs is 2. The topological polar surface area (TPSA) is 85.6 Å². The van der Waals surface area contributed by atoms with Gasteiger partial charge in [0.15, 0.2) is 5.43 Å². The number of nitrogens with one attached hydrogen (secondary N) is 1. The predicted molar refractivity (Wildman–Crippen MR) is 133 cm³/mol. The van der Waals surface area contributed by atoms with Gasteiger partial charge in [-0.2, -0.15) is 0 Å². The minimum Gasteiger partial charge on any atom is -0.464 e. The van der Waals surface area contributed by atoms with Crippen LogP contribution in [0.2, 0.25) is 0 Å². The zero-order chi connectivity index (χ0) is 24.5. The van der Waals surface area contributed by atoms with E-state index in [1.54, 1.807) is 19.1 Å². The fourth-order valence-corrected chi connectivity index (χ4v) is 5.08. The van der Waals surface area contributed by atoms with Crippen LogP contribution < -0.4 is 10.7 Å². The molecule has 2 unspecified atom stereocenters. The largest absolute Gasteiger partial charge is 0.464 e. The molecule has 0 saturated carbocycles. The van der Waals surface area contributed by atoms with E-state index in [0.29, 0.717) is 47.1 Å². The van der Waals surface area contributed by atoms with Crippen LogP contribution >= 0.6 is 0 Å². The third-order valence-electron chi connectivity index (χ3n) is 6.79. The molecular weight excluding hydrogens is 442 g/mol. The minimum absolute atomic E-state index is 0.00850. The van der Waals surface area contributed by atoms with E-state index in [9.17, 15) is 14.4 Å². The predicted octanol–water partition coefficient (Wildman–Crippen LogP) is 4.71. The number of esters is 1. The highest BCUT2D eigenvalue weighted by Crippen LogP contribution is 2.43. The molecule has 2 atom stereocenters. The lowest BCUT2D eigenvalue weighted by molar-refractivity contribution is -0.139. The summed E-state index contributed by atoms with van der Waals surface area (Å²) in [6, 6.07) is 15.2. The van der Waals surface area contributed by atoms with Crippen LogP contribution in [-0.2, 0) is 20.7 Å². The summed E-state index contributed by atoms with van der Waals surface area (Å²) in [5.41, 5.74) is 4.13. The minimum atomic E-state index is -0.777. The zero-order valence-electron chi connectivity index (χ0n) is 19.8. The molecule has 1 aliphatic carbocycles. The molecule has 0 fully saturated rings. The van der Waals surface area contributed by atoms with Gasteiger partial charge in [-0.3, -0.25) is 9.59 Å². The van der Waals surface area contributed by atoms with Crippen LogP contribution in [0.25, 0.3) is 11.0 Å². The molecule has 0 radical (unpaired) electrons. The van der Waals surface area contributed by atoms with Crippen molar-refractivity contribution >= 4 is 22.7 Å². The standard InChI is InChI=1S/C29H27NO5/c1-17-11-12-24-20(15-17)28(32)21(16-35-24)26-25(18(2)30-22-9-6-10-23(31)27(22)26)29(33)34-14-13-19-7-4-3-5-8-19/h3-5,7-9,11-12,15-16,26-27,30H,6,10,13-14H2,1-2H3. The first-order valence-electron chi connectivity index (χ1n) is 11.9. The highest BCUT2D eigenvalue weighted by Gasteiger charge is 2.44. The van der Waals surface area contributed by atoms with E-state index in [4.69, 9.17) is 9.15 Å². The van der Waals surface area contributed by atoms with Gasteiger partial charge in [0.1, 0.15) is 11.4 Å². The van der Waals surface area contributed by atoms with Crippen molar-refractivity contribution in [2.45, 2.75) is 39.0 Å². The number of allylic oxidation sites excluding steroid dienone is 3. The van der Waals surface area contributed by atoms with Crippen molar-refractivity contribution in [1.82, 2.24) is 5.32 Å². The van der Waals surface area contributed by atoms with Crippen molar-refractivity contribution in [3.63, 3.8) is 0 Å². The van der Waals surface area contributed by atoms with Crippen molar-refractivity contribution in [3.05, 3.63) is 105 Å². The third-order valence-corrected chi connectivity index (χ3v) is 6.79. The Labute approximate surface area is 203 Å². The van der Waals surface area contributed by atoms with E-state index in [1.807, 2.05) is 49.4 Å². The molecule has 1 aromatic heterocycles. The van der Waals surface area contributed by atoms with Gasteiger partial charge in [0.05, 0.1) is 29.7 Å². The molecule has 6 nitrogen and oxygen atoms in total. The number of aryl methyl sites for hydroxylation is 1. The number of benzene rings is 2. The van der Waals surface area contributed by atoms with E-state index >= 15 is 0 Å². The third kappa shape index (κ3) is 4.32. The Morgan fingerprint density at radius 2 is 1.89 bits per heavy atom. The molecule has 0 spiro atoms. The van der Waals surface area contributed by atoms with Crippen LogP contribution in [0.15, 0.2) is 87.0 Å². The summed E-state index contributed by atoms with van der Waals surface area (Å²) < 4.78 is 11.5. The van der Waals surface area contributed by atoms with Crippen molar-refractivity contribution in [2.24, 2.45) is 5.92 Å². The Bertz CT molecular complexity index is 1430. The quantitative estimate of drug-likeness (QED) is 0.545. The molecule has 2 heterocycles. The average molecular weight is 470 g/mol. The fraction of sp³-hybridized carbons (Fsp3) is 0.276. The molecule has 0 bridgehead atoms.